The van der Waals surface area contributed by atoms with Crippen LogP contribution in [-0.4, -0.2) is 27.1 Å². The van der Waals surface area contributed by atoms with Crippen molar-refractivity contribution in [2.45, 2.75) is 19.4 Å². The van der Waals surface area contributed by atoms with E-state index < -0.39 is 0 Å². The average molecular weight is 323 g/mol. The van der Waals surface area contributed by atoms with Crippen molar-refractivity contribution in [3.63, 3.8) is 0 Å². The van der Waals surface area contributed by atoms with Crippen LogP contribution >= 0.6 is 11.3 Å². The zero-order chi connectivity index (χ0) is 15.6. The van der Waals surface area contributed by atoms with E-state index in [0.29, 0.717) is 6.42 Å². The Morgan fingerprint density at radius 3 is 2.96 bits per heavy atom. The molecule has 4 rings (SSSR count). The molecule has 3 heterocycles. The van der Waals surface area contributed by atoms with E-state index in [2.05, 4.69) is 16.5 Å². The summed E-state index contributed by atoms with van der Waals surface area (Å²) in [6.07, 6.45) is 5.10. The van der Waals surface area contributed by atoms with Gasteiger partial charge in [-0.1, -0.05) is 18.2 Å². The molecule has 0 bridgehead atoms. The van der Waals surface area contributed by atoms with E-state index in [0.717, 1.165) is 30.8 Å². The molecular formula is C18H17N3OS. The van der Waals surface area contributed by atoms with Crippen molar-refractivity contribution in [1.29, 1.82) is 0 Å². The molecule has 5 heteroatoms. The van der Waals surface area contributed by atoms with Crippen LogP contribution in [0.2, 0.25) is 0 Å². The summed E-state index contributed by atoms with van der Waals surface area (Å²) < 4.78 is 1.82. The molecule has 0 unspecified atom stereocenters. The Hall–Kier alpha value is -2.40. The number of carbonyl (C=O) groups excluding carboxylic acids is 1. The van der Waals surface area contributed by atoms with Gasteiger partial charge >= 0.3 is 0 Å². The molecule has 1 aliphatic rings. The summed E-state index contributed by atoms with van der Waals surface area (Å²) in [5.41, 5.74) is 3.26. The van der Waals surface area contributed by atoms with Gasteiger partial charge in [0.05, 0.1) is 18.3 Å². The molecule has 0 saturated carbocycles. The molecule has 4 nitrogen and oxygen atoms in total. The highest BCUT2D eigenvalue weighted by atomic mass is 32.1. The standard InChI is InChI=1S/C18H17N3OS/c22-18(20-8-6-17-15(13-20)7-9-23-17)10-14-11-19-21(12-14)16-4-2-1-3-5-16/h1-5,7,9,11-12H,6,8,10,13H2. The molecule has 1 aliphatic heterocycles. The van der Waals surface area contributed by atoms with Gasteiger partial charge in [0.2, 0.25) is 5.91 Å². The van der Waals surface area contributed by atoms with Gasteiger partial charge < -0.3 is 4.90 Å². The van der Waals surface area contributed by atoms with Crippen molar-refractivity contribution >= 4 is 17.2 Å². The van der Waals surface area contributed by atoms with E-state index in [9.17, 15) is 4.79 Å². The second-order valence-corrected chi connectivity index (χ2v) is 6.74. The lowest BCUT2D eigenvalue weighted by atomic mass is 10.1. The molecule has 0 N–H and O–H groups in total. The topological polar surface area (TPSA) is 38.1 Å². The predicted molar refractivity (Wildman–Crippen MR) is 90.7 cm³/mol. The molecule has 0 aliphatic carbocycles. The lowest BCUT2D eigenvalue weighted by Gasteiger charge is -2.26. The Labute approximate surface area is 139 Å². The third kappa shape index (κ3) is 2.92. The molecule has 23 heavy (non-hydrogen) atoms. The van der Waals surface area contributed by atoms with Crippen LogP contribution in [0.5, 0.6) is 0 Å². The third-order valence-corrected chi connectivity index (χ3v) is 5.20. The highest BCUT2D eigenvalue weighted by Gasteiger charge is 2.21. The molecule has 0 saturated heterocycles. The largest absolute Gasteiger partial charge is 0.338 e. The number of fused-ring (bicyclic) bond motifs is 1. The minimum Gasteiger partial charge on any atom is -0.338 e. The van der Waals surface area contributed by atoms with Crippen molar-refractivity contribution < 1.29 is 4.79 Å². The van der Waals surface area contributed by atoms with Crippen molar-refractivity contribution in [1.82, 2.24) is 14.7 Å². The van der Waals surface area contributed by atoms with Crippen LogP contribution in [0.4, 0.5) is 0 Å². The first-order chi connectivity index (χ1) is 11.3. The summed E-state index contributed by atoms with van der Waals surface area (Å²) in [6, 6.07) is 12.1. The lowest BCUT2D eigenvalue weighted by molar-refractivity contribution is -0.131. The monoisotopic (exact) mass is 323 g/mol. The van der Waals surface area contributed by atoms with E-state index in [1.165, 1.54) is 10.4 Å². The van der Waals surface area contributed by atoms with Crippen LogP contribution in [-0.2, 0) is 24.2 Å². The number of nitrogens with zero attached hydrogens (tertiary/aromatic N) is 3. The summed E-state index contributed by atoms with van der Waals surface area (Å²) in [6.45, 7) is 1.56. The van der Waals surface area contributed by atoms with Gasteiger partial charge in [0.1, 0.15) is 0 Å². The zero-order valence-corrected chi connectivity index (χ0v) is 13.5. The molecule has 0 atom stereocenters. The predicted octanol–water partition coefficient (Wildman–Crippen LogP) is 3.06. The van der Waals surface area contributed by atoms with Gasteiger partial charge in [-0.2, -0.15) is 5.10 Å². The number of carbonyl (C=O) groups is 1. The van der Waals surface area contributed by atoms with Gasteiger partial charge in [-0.25, -0.2) is 4.68 Å². The molecular weight excluding hydrogens is 306 g/mol. The SMILES string of the molecule is O=C(Cc1cnn(-c2ccccc2)c1)N1CCc2sccc2C1. The molecule has 116 valence electrons. The van der Waals surface area contributed by atoms with Gasteiger partial charge in [0, 0.05) is 24.2 Å². The summed E-state index contributed by atoms with van der Waals surface area (Å²) >= 11 is 1.79. The number of hydrogen-bond donors (Lipinski definition) is 0. The average Bonchev–Trinajstić information content (AvgIpc) is 3.24. The van der Waals surface area contributed by atoms with E-state index in [1.807, 2.05) is 46.1 Å². The molecule has 0 spiro atoms. The van der Waals surface area contributed by atoms with Crippen LogP contribution < -0.4 is 0 Å². The minimum atomic E-state index is 0.175. The van der Waals surface area contributed by atoms with Gasteiger partial charge in [-0.05, 0) is 41.1 Å². The number of amides is 1. The van der Waals surface area contributed by atoms with E-state index >= 15 is 0 Å². The lowest BCUT2D eigenvalue weighted by Crippen LogP contribution is -2.36. The van der Waals surface area contributed by atoms with Crippen LogP contribution in [0.3, 0.4) is 0 Å². The first-order valence-corrected chi connectivity index (χ1v) is 8.59. The van der Waals surface area contributed by atoms with Gasteiger partial charge in [-0.15, -0.1) is 11.3 Å². The molecule has 2 aromatic heterocycles. The van der Waals surface area contributed by atoms with Gasteiger partial charge in [0.25, 0.3) is 0 Å². The number of hydrogen-bond acceptors (Lipinski definition) is 3. The first kappa shape index (κ1) is 14.2. The van der Waals surface area contributed by atoms with Gasteiger partial charge in [0.15, 0.2) is 0 Å². The van der Waals surface area contributed by atoms with E-state index in [1.54, 1.807) is 17.5 Å². The van der Waals surface area contributed by atoms with Crippen molar-refractivity contribution in [3.8, 4) is 5.69 Å². The third-order valence-electron chi connectivity index (χ3n) is 4.17. The maximum Gasteiger partial charge on any atom is 0.227 e. The molecule has 1 amide bonds. The van der Waals surface area contributed by atoms with E-state index in [4.69, 9.17) is 0 Å². The smallest absolute Gasteiger partial charge is 0.227 e. The number of thiophene rings is 1. The summed E-state index contributed by atoms with van der Waals surface area (Å²) in [5, 5.41) is 6.47. The Balaban J connectivity index is 1.45. The first-order valence-electron chi connectivity index (χ1n) is 7.71. The minimum absolute atomic E-state index is 0.175. The molecule has 0 fully saturated rings. The second-order valence-electron chi connectivity index (χ2n) is 5.74. The summed E-state index contributed by atoms with van der Waals surface area (Å²) in [7, 11) is 0. The highest BCUT2D eigenvalue weighted by molar-refractivity contribution is 7.10. The van der Waals surface area contributed by atoms with Crippen molar-refractivity contribution in [3.05, 3.63) is 70.2 Å². The quantitative estimate of drug-likeness (QED) is 0.743. The summed E-state index contributed by atoms with van der Waals surface area (Å²) in [4.78, 5) is 15.9. The fourth-order valence-electron chi connectivity index (χ4n) is 2.92. The van der Waals surface area contributed by atoms with Crippen LogP contribution in [0.25, 0.3) is 5.69 Å². The number of rotatable bonds is 3. The van der Waals surface area contributed by atoms with E-state index in [-0.39, 0.29) is 5.91 Å². The number of para-hydroxylation sites is 1. The Morgan fingerprint density at radius 1 is 1.22 bits per heavy atom. The fourth-order valence-corrected chi connectivity index (χ4v) is 3.81. The maximum atomic E-state index is 12.5. The fraction of sp³-hybridized carbons (Fsp3) is 0.222. The van der Waals surface area contributed by atoms with Crippen molar-refractivity contribution in [2.75, 3.05) is 6.54 Å². The van der Waals surface area contributed by atoms with Crippen LogP contribution in [0.15, 0.2) is 54.2 Å². The zero-order valence-electron chi connectivity index (χ0n) is 12.7. The number of aromatic nitrogens is 2. The molecule has 3 aromatic rings. The summed E-state index contributed by atoms with van der Waals surface area (Å²) in [5.74, 6) is 0.175. The van der Waals surface area contributed by atoms with Crippen LogP contribution in [0, 0.1) is 0 Å². The molecule has 1 aromatic carbocycles. The van der Waals surface area contributed by atoms with Crippen molar-refractivity contribution in [2.24, 2.45) is 0 Å². The highest BCUT2D eigenvalue weighted by Crippen LogP contribution is 2.24. The van der Waals surface area contributed by atoms with Crippen LogP contribution in [0.1, 0.15) is 16.0 Å². The Morgan fingerprint density at radius 2 is 2.09 bits per heavy atom. The second kappa shape index (κ2) is 6.01. The molecule has 0 radical (unpaired) electrons. The van der Waals surface area contributed by atoms with Gasteiger partial charge in [-0.3, -0.25) is 4.79 Å². The Bertz CT molecular complexity index is 822. The maximum absolute atomic E-state index is 12.5. The normalized spacial score (nSPS) is 13.8. The number of benzene rings is 1. The Kier molecular flexibility index (Phi) is 3.71.